The predicted molar refractivity (Wildman–Crippen MR) is 49.0 cm³/mol. The molecule has 4 nitrogen and oxygen atoms in total. The smallest absolute Gasteiger partial charge is 0.219 e. The Bertz CT molecular complexity index is 216. The first-order chi connectivity index (χ1) is 6.09. The van der Waals surface area contributed by atoms with Crippen molar-refractivity contribution in [3.63, 3.8) is 0 Å². The van der Waals surface area contributed by atoms with E-state index in [2.05, 4.69) is 5.32 Å². The third-order valence-electron chi connectivity index (χ3n) is 2.37. The largest absolute Gasteiger partial charge is 0.356 e. The van der Waals surface area contributed by atoms with Gasteiger partial charge < -0.3 is 10.2 Å². The Morgan fingerprint density at radius 3 is 2.62 bits per heavy atom. The van der Waals surface area contributed by atoms with Crippen molar-refractivity contribution in [3.8, 4) is 0 Å². The van der Waals surface area contributed by atoms with E-state index in [1.807, 2.05) is 4.90 Å². The zero-order chi connectivity index (χ0) is 9.84. The molecular weight excluding hydrogens is 168 g/mol. The molecule has 0 saturated carbocycles. The lowest BCUT2D eigenvalue weighted by Crippen LogP contribution is -2.30. The van der Waals surface area contributed by atoms with Crippen LogP contribution < -0.4 is 5.32 Å². The van der Waals surface area contributed by atoms with E-state index in [0.717, 1.165) is 19.5 Å². The van der Waals surface area contributed by atoms with Crippen LogP contribution in [0, 0.1) is 5.92 Å². The summed E-state index contributed by atoms with van der Waals surface area (Å²) in [5, 5.41) is 2.77. The van der Waals surface area contributed by atoms with Gasteiger partial charge in [-0.1, -0.05) is 0 Å². The summed E-state index contributed by atoms with van der Waals surface area (Å²) in [4.78, 5) is 23.4. The third kappa shape index (κ3) is 3.05. The average molecular weight is 184 g/mol. The van der Waals surface area contributed by atoms with Crippen LogP contribution in [0.1, 0.15) is 20.3 Å². The number of rotatable bonds is 2. The van der Waals surface area contributed by atoms with Crippen LogP contribution in [0.2, 0.25) is 0 Å². The highest BCUT2D eigenvalue weighted by atomic mass is 16.2. The average Bonchev–Trinajstić information content (AvgIpc) is 2.48. The van der Waals surface area contributed by atoms with Crippen LogP contribution in [0.3, 0.4) is 0 Å². The van der Waals surface area contributed by atoms with Crippen molar-refractivity contribution in [1.82, 2.24) is 10.2 Å². The summed E-state index contributed by atoms with van der Waals surface area (Å²) in [6.45, 7) is 5.41. The summed E-state index contributed by atoms with van der Waals surface area (Å²) < 4.78 is 0. The van der Waals surface area contributed by atoms with Crippen molar-refractivity contribution in [2.75, 3.05) is 19.6 Å². The molecule has 0 aromatic heterocycles. The molecule has 1 atom stereocenters. The minimum atomic E-state index is 0.00118. The molecule has 0 aliphatic carbocycles. The first-order valence-corrected chi connectivity index (χ1v) is 4.59. The van der Waals surface area contributed by atoms with E-state index in [0.29, 0.717) is 12.5 Å². The molecular formula is C9H16N2O2. The second-order valence-electron chi connectivity index (χ2n) is 3.56. The number of carbonyl (C=O) groups excluding carboxylic acids is 2. The molecule has 0 aromatic rings. The lowest BCUT2D eigenvalue weighted by molar-refractivity contribution is -0.127. The van der Waals surface area contributed by atoms with Gasteiger partial charge in [0.15, 0.2) is 0 Å². The van der Waals surface area contributed by atoms with Gasteiger partial charge in [-0.3, -0.25) is 9.59 Å². The van der Waals surface area contributed by atoms with E-state index in [-0.39, 0.29) is 11.8 Å². The van der Waals surface area contributed by atoms with Gasteiger partial charge in [0.1, 0.15) is 0 Å². The molecule has 0 aromatic carbocycles. The Hall–Kier alpha value is -1.06. The van der Waals surface area contributed by atoms with Gasteiger partial charge in [-0.05, 0) is 12.3 Å². The SMILES string of the molecule is CC(=O)NCC1CCN(C(C)=O)C1. The van der Waals surface area contributed by atoms with Gasteiger partial charge in [0.2, 0.25) is 11.8 Å². The summed E-state index contributed by atoms with van der Waals surface area (Å²) in [5.74, 6) is 0.569. The maximum Gasteiger partial charge on any atom is 0.219 e. The Morgan fingerprint density at radius 2 is 2.15 bits per heavy atom. The number of amides is 2. The van der Waals surface area contributed by atoms with E-state index in [1.54, 1.807) is 6.92 Å². The minimum Gasteiger partial charge on any atom is -0.356 e. The quantitative estimate of drug-likeness (QED) is 0.656. The number of hydrogen-bond acceptors (Lipinski definition) is 2. The molecule has 13 heavy (non-hydrogen) atoms. The lowest BCUT2D eigenvalue weighted by atomic mass is 10.1. The number of nitrogens with zero attached hydrogens (tertiary/aromatic N) is 1. The lowest BCUT2D eigenvalue weighted by Gasteiger charge is -2.13. The first-order valence-electron chi connectivity index (χ1n) is 4.59. The van der Waals surface area contributed by atoms with Crippen molar-refractivity contribution in [1.29, 1.82) is 0 Å². The summed E-state index contributed by atoms with van der Waals surface area (Å²) >= 11 is 0. The molecule has 1 fully saturated rings. The molecule has 1 saturated heterocycles. The van der Waals surface area contributed by atoms with Crippen molar-refractivity contribution in [2.24, 2.45) is 5.92 Å². The number of hydrogen-bond donors (Lipinski definition) is 1. The Morgan fingerprint density at radius 1 is 1.46 bits per heavy atom. The van der Waals surface area contributed by atoms with Crippen LogP contribution >= 0.6 is 0 Å². The van der Waals surface area contributed by atoms with Gasteiger partial charge in [0.05, 0.1) is 0 Å². The van der Waals surface area contributed by atoms with Gasteiger partial charge in [-0.25, -0.2) is 0 Å². The third-order valence-corrected chi connectivity index (χ3v) is 2.37. The Balaban J connectivity index is 2.25. The van der Waals surface area contributed by atoms with Crippen LogP contribution in [-0.2, 0) is 9.59 Å². The number of likely N-dealkylation sites (tertiary alicyclic amines) is 1. The van der Waals surface area contributed by atoms with Gasteiger partial charge in [-0.15, -0.1) is 0 Å². The fraction of sp³-hybridized carbons (Fsp3) is 0.778. The van der Waals surface area contributed by atoms with E-state index in [9.17, 15) is 9.59 Å². The van der Waals surface area contributed by atoms with Crippen LogP contribution in [0.25, 0.3) is 0 Å². The molecule has 0 bridgehead atoms. The normalized spacial score (nSPS) is 21.7. The molecule has 0 radical (unpaired) electrons. The second kappa shape index (κ2) is 4.25. The summed E-state index contributed by atoms with van der Waals surface area (Å²) in [5.41, 5.74) is 0. The zero-order valence-corrected chi connectivity index (χ0v) is 8.17. The zero-order valence-electron chi connectivity index (χ0n) is 8.17. The topological polar surface area (TPSA) is 49.4 Å². The molecule has 1 aliphatic heterocycles. The van der Waals surface area contributed by atoms with Gasteiger partial charge in [0.25, 0.3) is 0 Å². The van der Waals surface area contributed by atoms with E-state index in [1.165, 1.54) is 6.92 Å². The van der Waals surface area contributed by atoms with Crippen LogP contribution in [0.4, 0.5) is 0 Å². The van der Waals surface area contributed by atoms with E-state index in [4.69, 9.17) is 0 Å². The number of nitrogens with one attached hydrogen (secondary N) is 1. The molecule has 1 heterocycles. The molecule has 0 spiro atoms. The van der Waals surface area contributed by atoms with Gasteiger partial charge >= 0.3 is 0 Å². The van der Waals surface area contributed by atoms with Crippen molar-refractivity contribution < 1.29 is 9.59 Å². The standard InChI is InChI=1S/C9H16N2O2/c1-7(12)10-5-9-3-4-11(6-9)8(2)13/h9H,3-6H2,1-2H3,(H,10,12). The van der Waals surface area contributed by atoms with E-state index >= 15 is 0 Å². The molecule has 1 N–H and O–H groups in total. The van der Waals surface area contributed by atoms with Crippen molar-refractivity contribution in [2.45, 2.75) is 20.3 Å². The van der Waals surface area contributed by atoms with Crippen molar-refractivity contribution >= 4 is 11.8 Å². The first kappa shape index (κ1) is 10.0. The summed E-state index contributed by atoms with van der Waals surface area (Å²) in [6, 6.07) is 0. The fourth-order valence-electron chi connectivity index (χ4n) is 1.57. The molecule has 2 amide bonds. The molecule has 74 valence electrons. The Kier molecular flexibility index (Phi) is 3.28. The van der Waals surface area contributed by atoms with Crippen LogP contribution in [0.15, 0.2) is 0 Å². The van der Waals surface area contributed by atoms with E-state index < -0.39 is 0 Å². The van der Waals surface area contributed by atoms with Crippen LogP contribution in [0.5, 0.6) is 0 Å². The molecule has 1 unspecified atom stereocenters. The fourth-order valence-corrected chi connectivity index (χ4v) is 1.57. The molecule has 1 aliphatic rings. The summed E-state index contributed by atoms with van der Waals surface area (Å²) in [6.07, 6.45) is 1.000. The molecule has 4 heteroatoms. The second-order valence-corrected chi connectivity index (χ2v) is 3.56. The minimum absolute atomic E-state index is 0.00118. The van der Waals surface area contributed by atoms with Crippen molar-refractivity contribution in [3.05, 3.63) is 0 Å². The maximum atomic E-state index is 11.0. The van der Waals surface area contributed by atoms with Crippen LogP contribution in [-0.4, -0.2) is 36.3 Å². The molecule has 1 rings (SSSR count). The number of carbonyl (C=O) groups is 2. The Labute approximate surface area is 78.3 Å². The van der Waals surface area contributed by atoms with Gasteiger partial charge in [0, 0.05) is 33.5 Å². The monoisotopic (exact) mass is 184 g/mol. The highest BCUT2D eigenvalue weighted by molar-refractivity contribution is 5.74. The predicted octanol–water partition coefficient (Wildman–Crippen LogP) is -0.00910. The highest BCUT2D eigenvalue weighted by Gasteiger charge is 2.23. The summed E-state index contributed by atoms with van der Waals surface area (Å²) in [7, 11) is 0. The highest BCUT2D eigenvalue weighted by Crippen LogP contribution is 2.14. The van der Waals surface area contributed by atoms with Gasteiger partial charge in [-0.2, -0.15) is 0 Å². The maximum absolute atomic E-state index is 11.0.